The highest BCUT2D eigenvalue weighted by molar-refractivity contribution is 5.18. The minimum Gasteiger partial charge on any atom is -0.353 e. The summed E-state index contributed by atoms with van der Waals surface area (Å²) in [7, 11) is 0. The number of nitrogens with one attached hydrogen (secondary N) is 1. The highest BCUT2D eigenvalue weighted by Crippen LogP contribution is 2.40. The Balaban J connectivity index is 1.74. The summed E-state index contributed by atoms with van der Waals surface area (Å²) in [5, 5.41) is 3.82. The summed E-state index contributed by atoms with van der Waals surface area (Å²) >= 11 is 0. The van der Waals surface area contributed by atoms with Gasteiger partial charge in [-0.25, -0.2) is 0 Å². The summed E-state index contributed by atoms with van der Waals surface area (Å²) < 4.78 is 6.45. The van der Waals surface area contributed by atoms with Gasteiger partial charge in [0.15, 0.2) is 0 Å². The summed E-state index contributed by atoms with van der Waals surface area (Å²) in [6.45, 7) is 4.47. The van der Waals surface area contributed by atoms with Crippen LogP contribution in [0.1, 0.15) is 51.5 Å². The third-order valence-electron chi connectivity index (χ3n) is 4.68. The standard InChI is InChI=1S/C17H25NO/c1-16(2)15(13-14-9-5-3-6-10-14)18-17(19-16)11-7-4-8-12-17/h3,5-6,9-10,15,18H,4,7-8,11-13H2,1-2H3. The van der Waals surface area contributed by atoms with E-state index in [1.807, 2.05) is 0 Å². The molecule has 1 N–H and O–H groups in total. The smallest absolute Gasteiger partial charge is 0.120 e. The Kier molecular flexibility index (Phi) is 3.40. The van der Waals surface area contributed by atoms with Crippen molar-refractivity contribution < 1.29 is 4.74 Å². The summed E-state index contributed by atoms with van der Waals surface area (Å²) in [6, 6.07) is 11.2. The first-order chi connectivity index (χ1) is 9.10. The summed E-state index contributed by atoms with van der Waals surface area (Å²) in [5.74, 6) is 0. The number of hydrogen-bond donors (Lipinski definition) is 1. The van der Waals surface area contributed by atoms with Crippen molar-refractivity contribution in [2.75, 3.05) is 0 Å². The molecule has 1 atom stereocenters. The van der Waals surface area contributed by atoms with Crippen molar-refractivity contribution in [2.45, 2.75) is 69.7 Å². The molecule has 0 aromatic heterocycles. The molecule has 1 aliphatic carbocycles. The zero-order valence-corrected chi connectivity index (χ0v) is 12.1. The van der Waals surface area contributed by atoms with Crippen molar-refractivity contribution in [3.05, 3.63) is 35.9 Å². The first-order valence-electron chi connectivity index (χ1n) is 7.62. The van der Waals surface area contributed by atoms with Gasteiger partial charge in [0.25, 0.3) is 0 Å². The number of hydrogen-bond acceptors (Lipinski definition) is 2. The van der Waals surface area contributed by atoms with Crippen LogP contribution in [0.4, 0.5) is 0 Å². The van der Waals surface area contributed by atoms with Crippen molar-refractivity contribution in [3.63, 3.8) is 0 Å². The average Bonchev–Trinajstić information content (AvgIpc) is 2.62. The quantitative estimate of drug-likeness (QED) is 0.875. The fourth-order valence-corrected chi connectivity index (χ4v) is 3.61. The van der Waals surface area contributed by atoms with Crippen LogP contribution >= 0.6 is 0 Å². The fraction of sp³-hybridized carbons (Fsp3) is 0.647. The van der Waals surface area contributed by atoms with E-state index in [4.69, 9.17) is 4.74 Å². The maximum Gasteiger partial charge on any atom is 0.120 e. The molecular weight excluding hydrogens is 234 g/mol. The molecule has 0 bridgehead atoms. The van der Waals surface area contributed by atoms with Crippen LogP contribution in [0.2, 0.25) is 0 Å². The summed E-state index contributed by atoms with van der Waals surface area (Å²) in [5.41, 5.74) is 1.28. The van der Waals surface area contributed by atoms with E-state index in [1.165, 1.54) is 37.7 Å². The first kappa shape index (κ1) is 13.1. The fourth-order valence-electron chi connectivity index (χ4n) is 3.61. The minimum atomic E-state index is -0.0762. The first-order valence-corrected chi connectivity index (χ1v) is 7.62. The molecule has 0 amide bonds. The molecule has 2 heteroatoms. The maximum absolute atomic E-state index is 6.45. The van der Waals surface area contributed by atoms with Crippen LogP contribution in [0.15, 0.2) is 30.3 Å². The van der Waals surface area contributed by atoms with Crippen molar-refractivity contribution in [3.8, 4) is 0 Å². The Morgan fingerprint density at radius 1 is 1.11 bits per heavy atom. The van der Waals surface area contributed by atoms with E-state index < -0.39 is 0 Å². The molecule has 1 spiro atoms. The molecule has 3 rings (SSSR count). The molecule has 104 valence electrons. The van der Waals surface area contributed by atoms with Crippen molar-refractivity contribution in [1.82, 2.24) is 5.32 Å². The van der Waals surface area contributed by atoms with Crippen molar-refractivity contribution in [1.29, 1.82) is 0 Å². The zero-order chi connectivity index (χ0) is 13.3. The van der Waals surface area contributed by atoms with E-state index in [0.717, 1.165) is 6.42 Å². The second-order valence-electron chi connectivity index (χ2n) is 6.65. The van der Waals surface area contributed by atoms with Gasteiger partial charge in [-0.3, -0.25) is 5.32 Å². The van der Waals surface area contributed by atoms with Crippen LogP contribution in [-0.4, -0.2) is 17.4 Å². The minimum absolute atomic E-state index is 0.0405. The molecule has 2 aliphatic rings. The van der Waals surface area contributed by atoms with Gasteiger partial charge >= 0.3 is 0 Å². The Morgan fingerprint density at radius 3 is 2.47 bits per heavy atom. The zero-order valence-electron chi connectivity index (χ0n) is 12.1. The monoisotopic (exact) mass is 259 g/mol. The second-order valence-corrected chi connectivity index (χ2v) is 6.65. The molecule has 1 saturated heterocycles. The van der Waals surface area contributed by atoms with Gasteiger partial charge in [0.05, 0.1) is 5.60 Å². The van der Waals surface area contributed by atoms with Crippen molar-refractivity contribution >= 4 is 0 Å². The van der Waals surface area contributed by atoms with Crippen LogP contribution in [0.5, 0.6) is 0 Å². The van der Waals surface area contributed by atoms with Gasteiger partial charge in [-0.1, -0.05) is 36.8 Å². The average molecular weight is 259 g/mol. The summed E-state index contributed by atoms with van der Waals surface area (Å²) in [4.78, 5) is 0. The van der Waals surface area contributed by atoms with Crippen LogP contribution in [0.25, 0.3) is 0 Å². The Hall–Kier alpha value is -0.860. The topological polar surface area (TPSA) is 21.3 Å². The van der Waals surface area contributed by atoms with E-state index in [1.54, 1.807) is 0 Å². The highest BCUT2D eigenvalue weighted by Gasteiger charge is 2.50. The van der Waals surface area contributed by atoms with Gasteiger partial charge in [0.1, 0.15) is 5.72 Å². The molecule has 1 unspecified atom stereocenters. The molecule has 1 saturated carbocycles. The van der Waals surface area contributed by atoms with Crippen LogP contribution < -0.4 is 5.32 Å². The molecule has 2 fully saturated rings. The molecule has 1 heterocycles. The third-order valence-corrected chi connectivity index (χ3v) is 4.68. The lowest BCUT2D eigenvalue weighted by atomic mass is 9.91. The predicted octanol–water partition coefficient (Wildman–Crippen LogP) is 3.66. The van der Waals surface area contributed by atoms with Crippen molar-refractivity contribution in [2.24, 2.45) is 0 Å². The van der Waals surface area contributed by atoms with E-state index in [9.17, 15) is 0 Å². The van der Waals surface area contributed by atoms with Gasteiger partial charge in [-0.05, 0) is 51.5 Å². The normalized spacial score (nSPS) is 28.6. The summed E-state index contributed by atoms with van der Waals surface area (Å²) in [6.07, 6.45) is 7.33. The van der Waals surface area contributed by atoms with Gasteiger partial charge in [-0.15, -0.1) is 0 Å². The van der Waals surface area contributed by atoms with Gasteiger partial charge in [-0.2, -0.15) is 0 Å². The number of rotatable bonds is 2. The maximum atomic E-state index is 6.45. The molecule has 1 aromatic carbocycles. The molecule has 2 nitrogen and oxygen atoms in total. The molecule has 1 aliphatic heterocycles. The van der Waals surface area contributed by atoms with E-state index in [2.05, 4.69) is 49.5 Å². The number of benzene rings is 1. The van der Waals surface area contributed by atoms with Gasteiger partial charge < -0.3 is 4.74 Å². The molecule has 19 heavy (non-hydrogen) atoms. The molecular formula is C17H25NO. The van der Waals surface area contributed by atoms with Crippen LogP contribution in [0.3, 0.4) is 0 Å². The highest BCUT2D eigenvalue weighted by atomic mass is 16.6. The van der Waals surface area contributed by atoms with Crippen LogP contribution in [0, 0.1) is 0 Å². The molecule has 1 aromatic rings. The lowest BCUT2D eigenvalue weighted by Gasteiger charge is -2.34. The van der Waals surface area contributed by atoms with E-state index >= 15 is 0 Å². The lowest BCUT2D eigenvalue weighted by Crippen LogP contribution is -2.46. The third kappa shape index (κ3) is 2.70. The Morgan fingerprint density at radius 2 is 1.79 bits per heavy atom. The van der Waals surface area contributed by atoms with E-state index in [-0.39, 0.29) is 11.3 Å². The number of ether oxygens (including phenoxy) is 1. The van der Waals surface area contributed by atoms with Gasteiger partial charge in [0, 0.05) is 6.04 Å². The largest absolute Gasteiger partial charge is 0.353 e. The van der Waals surface area contributed by atoms with Gasteiger partial charge in [0.2, 0.25) is 0 Å². The molecule has 0 radical (unpaired) electrons. The Labute approximate surface area is 116 Å². The predicted molar refractivity (Wildman–Crippen MR) is 78.0 cm³/mol. The van der Waals surface area contributed by atoms with E-state index in [0.29, 0.717) is 6.04 Å². The second kappa shape index (κ2) is 4.92. The Bertz CT molecular complexity index is 420. The van der Waals surface area contributed by atoms with Crippen LogP contribution in [-0.2, 0) is 11.2 Å². The SMILES string of the molecule is CC1(C)OC2(CCCCC2)NC1Cc1ccccc1. The lowest BCUT2D eigenvalue weighted by molar-refractivity contribution is -0.111.